The molecule has 0 saturated carbocycles. The number of aryl methyl sites for hydroxylation is 1. The zero-order valence-electron chi connectivity index (χ0n) is 12.1. The number of carboxylic acid groups (broad SMARTS) is 1. The molecule has 2 aromatic carbocycles. The van der Waals surface area contributed by atoms with Crippen LogP contribution in [0, 0.1) is 0 Å². The van der Waals surface area contributed by atoms with Gasteiger partial charge in [-0.25, -0.2) is 4.79 Å². The molecule has 3 heteroatoms. The van der Waals surface area contributed by atoms with Crippen LogP contribution in [0.2, 0.25) is 0 Å². The van der Waals surface area contributed by atoms with Crippen molar-refractivity contribution in [2.75, 3.05) is 6.54 Å². The largest absolute Gasteiger partial charge is 0.478 e. The van der Waals surface area contributed by atoms with Gasteiger partial charge >= 0.3 is 5.97 Å². The van der Waals surface area contributed by atoms with Gasteiger partial charge in [0.1, 0.15) is 0 Å². The van der Waals surface area contributed by atoms with Crippen molar-refractivity contribution in [1.82, 2.24) is 0 Å². The minimum Gasteiger partial charge on any atom is -0.478 e. The average Bonchev–Trinajstić information content (AvgIpc) is 2.80. The third kappa shape index (κ3) is 2.24. The molecule has 3 nitrogen and oxygen atoms in total. The summed E-state index contributed by atoms with van der Waals surface area (Å²) in [7, 11) is 0. The normalized spacial score (nSPS) is 15.6. The Labute approximate surface area is 124 Å². The van der Waals surface area contributed by atoms with Crippen molar-refractivity contribution in [3.05, 3.63) is 58.7 Å². The molecular formula is C18H19NO2. The van der Waals surface area contributed by atoms with Crippen LogP contribution in [0.4, 0.5) is 0 Å². The van der Waals surface area contributed by atoms with Crippen LogP contribution in [0.1, 0.15) is 46.3 Å². The summed E-state index contributed by atoms with van der Waals surface area (Å²) in [6, 6.07) is 12.0. The third-order valence-electron chi connectivity index (χ3n) is 4.32. The average molecular weight is 281 g/mol. The first-order valence-corrected chi connectivity index (χ1v) is 7.36. The fourth-order valence-electron chi connectivity index (χ4n) is 3.24. The van der Waals surface area contributed by atoms with E-state index in [-0.39, 0.29) is 5.92 Å². The molecule has 108 valence electrons. The topological polar surface area (TPSA) is 63.3 Å². The quantitative estimate of drug-likeness (QED) is 0.902. The summed E-state index contributed by atoms with van der Waals surface area (Å²) >= 11 is 0. The van der Waals surface area contributed by atoms with Crippen molar-refractivity contribution in [3.8, 4) is 11.1 Å². The predicted octanol–water partition coefficient (Wildman–Crippen LogP) is 3.41. The number of hydrogen-bond acceptors (Lipinski definition) is 2. The molecule has 3 N–H and O–H groups in total. The summed E-state index contributed by atoms with van der Waals surface area (Å²) in [5, 5.41) is 9.21. The van der Waals surface area contributed by atoms with Crippen molar-refractivity contribution in [2.24, 2.45) is 5.73 Å². The lowest BCUT2D eigenvalue weighted by molar-refractivity contribution is 0.0697. The molecule has 0 spiro atoms. The third-order valence-corrected chi connectivity index (χ3v) is 4.32. The van der Waals surface area contributed by atoms with Crippen LogP contribution in [0.15, 0.2) is 36.4 Å². The summed E-state index contributed by atoms with van der Waals surface area (Å²) in [5.74, 6) is -0.666. The summed E-state index contributed by atoms with van der Waals surface area (Å²) in [6.07, 6.45) is 1.84. The maximum atomic E-state index is 11.2. The highest BCUT2D eigenvalue weighted by molar-refractivity contribution is 5.90. The Morgan fingerprint density at radius 2 is 1.81 bits per heavy atom. The molecule has 0 radical (unpaired) electrons. The van der Waals surface area contributed by atoms with Gasteiger partial charge in [-0.1, -0.05) is 31.2 Å². The van der Waals surface area contributed by atoms with Crippen LogP contribution in [-0.2, 0) is 6.42 Å². The summed E-state index contributed by atoms with van der Waals surface area (Å²) in [5.41, 5.74) is 12.2. The lowest BCUT2D eigenvalue weighted by Gasteiger charge is -2.13. The summed E-state index contributed by atoms with van der Waals surface area (Å²) in [6.45, 7) is 2.74. The van der Waals surface area contributed by atoms with E-state index in [4.69, 9.17) is 5.73 Å². The van der Waals surface area contributed by atoms with Crippen LogP contribution in [0.3, 0.4) is 0 Å². The number of rotatable bonds is 4. The number of benzene rings is 2. The van der Waals surface area contributed by atoms with Gasteiger partial charge in [0.2, 0.25) is 0 Å². The molecule has 2 aromatic rings. The predicted molar refractivity (Wildman–Crippen MR) is 83.7 cm³/mol. The fourth-order valence-corrected chi connectivity index (χ4v) is 3.24. The minimum atomic E-state index is -0.880. The van der Waals surface area contributed by atoms with E-state index < -0.39 is 5.97 Å². The first-order valence-electron chi connectivity index (χ1n) is 7.36. The van der Waals surface area contributed by atoms with E-state index in [0.29, 0.717) is 12.1 Å². The Morgan fingerprint density at radius 3 is 2.43 bits per heavy atom. The van der Waals surface area contributed by atoms with Crippen molar-refractivity contribution in [2.45, 2.75) is 25.7 Å². The molecule has 0 aromatic heterocycles. The highest BCUT2D eigenvalue weighted by Gasteiger charge is 2.29. The molecule has 1 unspecified atom stereocenters. The molecule has 0 aliphatic heterocycles. The second kappa shape index (κ2) is 5.34. The van der Waals surface area contributed by atoms with E-state index in [1.54, 1.807) is 6.07 Å². The van der Waals surface area contributed by atoms with Gasteiger partial charge in [0.15, 0.2) is 0 Å². The number of nitrogens with two attached hydrogens (primary N) is 1. The van der Waals surface area contributed by atoms with Crippen molar-refractivity contribution < 1.29 is 9.90 Å². The second-order valence-electron chi connectivity index (χ2n) is 5.51. The molecule has 0 amide bonds. The van der Waals surface area contributed by atoms with Gasteiger partial charge in [0, 0.05) is 5.92 Å². The number of carbonyl (C=O) groups is 1. The molecule has 3 rings (SSSR count). The molecule has 0 bridgehead atoms. The van der Waals surface area contributed by atoms with E-state index in [1.807, 2.05) is 12.1 Å². The molecule has 21 heavy (non-hydrogen) atoms. The van der Waals surface area contributed by atoms with Crippen LogP contribution in [0.25, 0.3) is 11.1 Å². The van der Waals surface area contributed by atoms with E-state index in [1.165, 1.54) is 16.7 Å². The van der Waals surface area contributed by atoms with Gasteiger partial charge in [0.05, 0.1) is 5.56 Å². The Bertz CT molecular complexity index is 706. The second-order valence-corrected chi connectivity index (χ2v) is 5.51. The smallest absolute Gasteiger partial charge is 0.335 e. The Morgan fingerprint density at radius 1 is 1.14 bits per heavy atom. The van der Waals surface area contributed by atoms with Crippen molar-refractivity contribution >= 4 is 5.97 Å². The van der Waals surface area contributed by atoms with Crippen LogP contribution in [-0.4, -0.2) is 17.6 Å². The molecular weight excluding hydrogens is 262 g/mol. The van der Waals surface area contributed by atoms with Crippen molar-refractivity contribution in [3.63, 3.8) is 0 Å². The number of aromatic carboxylic acids is 1. The van der Waals surface area contributed by atoms with Gasteiger partial charge in [0.25, 0.3) is 0 Å². The van der Waals surface area contributed by atoms with Gasteiger partial charge in [-0.05, 0) is 59.3 Å². The molecule has 1 aliphatic carbocycles. The fraction of sp³-hybridized carbons (Fsp3) is 0.278. The monoisotopic (exact) mass is 281 g/mol. The maximum absolute atomic E-state index is 11.2. The Balaban J connectivity index is 2.17. The van der Waals surface area contributed by atoms with E-state index >= 15 is 0 Å². The zero-order chi connectivity index (χ0) is 15.0. The molecule has 0 fully saturated rings. The minimum absolute atomic E-state index is 0.214. The number of fused-ring (bicyclic) bond motifs is 3. The van der Waals surface area contributed by atoms with E-state index in [9.17, 15) is 9.90 Å². The maximum Gasteiger partial charge on any atom is 0.335 e. The molecule has 0 saturated heterocycles. The zero-order valence-corrected chi connectivity index (χ0v) is 12.1. The van der Waals surface area contributed by atoms with Crippen molar-refractivity contribution in [1.29, 1.82) is 0 Å². The standard InChI is InChI=1S/C18H19NO2/c1-2-11-3-5-13-14-6-4-12(18(20)21)10-17(14)15(7-8-19)16(13)9-11/h3-6,9-10,15H,2,7-8,19H2,1H3,(H,20,21). The van der Waals surface area contributed by atoms with Crippen LogP contribution >= 0.6 is 0 Å². The summed E-state index contributed by atoms with van der Waals surface area (Å²) < 4.78 is 0. The lowest BCUT2D eigenvalue weighted by atomic mass is 9.91. The molecule has 1 aliphatic rings. The number of hydrogen-bond donors (Lipinski definition) is 2. The highest BCUT2D eigenvalue weighted by Crippen LogP contribution is 2.46. The van der Waals surface area contributed by atoms with E-state index in [0.717, 1.165) is 24.0 Å². The first kappa shape index (κ1) is 13.8. The summed E-state index contributed by atoms with van der Waals surface area (Å²) in [4.78, 5) is 11.2. The molecule has 0 heterocycles. The van der Waals surface area contributed by atoms with Crippen LogP contribution < -0.4 is 5.73 Å². The Kier molecular flexibility index (Phi) is 3.52. The van der Waals surface area contributed by atoms with Gasteiger partial charge < -0.3 is 10.8 Å². The number of carboxylic acids is 1. The van der Waals surface area contributed by atoms with Gasteiger partial charge in [-0.3, -0.25) is 0 Å². The van der Waals surface area contributed by atoms with Gasteiger partial charge in [-0.2, -0.15) is 0 Å². The first-order chi connectivity index (χ1) is 10.2. The highest BCUT2D eigenvalue weighted by atomic mass is 16.4. The molecule has 1 atom stereocenters. The SMILES string of the molecule is CCc1ccc2c(c1)C(CCN)c1cc(C(=O)O)ccc1-2. The Hall–Kier alpha value is -2.13. The van der Waals surface area contributed by atoms with Gasteiger partial charge in [-0.15, -0.1) is 0 Å². The van der Waals surface area contributed by atoms with Crippen LogP contribution in [0.5, 0.6) is 0 Å². The lowest BCUT2D eigenvalue weighted by Crippen LogP contribution is -2.07. The van der Waals surface area contributed by atoms with E-state index in [2.05, 4.69) is 25.1 Å².